The average molecular weight is 989 g/mol. The maximum Gasteiger partial charge on any atom is 0.137 e. The summed E-state index contributed by atoms with van der Waals surface area (Å²) >= 11 is 0. The van der Waals surface area contributed by atoms with Crippen LogP contribution in [0.4, 0.5) is 11.4 Å². The van der Waals surface area contributed by atoms with Crippen LogP contribution in [0.5, 0.6) is 11.5 Å². The van der Waals surface area contributed by atoms with E-state index in [4.69, 9.17) is 9.72 Å². The number of aromatic nitrogens is 2. The van der Waals surface area contributed by atoms with Crippen LogP contribution >= 0.6 is 0 Å². The molecule has 2 aromatic heterocycles. The Labute approximate surface area is 447 Å². The lowest BCUT2D eigenvalue weighted by molar-refractivity contribution is 0.479. The summed E-state index contributed by atoms with van der Waals surface area (Å²) in [6.45, 7) is 32.9. The maximum atomic E-state index is 7.16. The van der Waals surface area contributed by atoms with Crippen LogP contribution in [0.3, 0.4) is 0 Å². The third-order valence-corrected chi connectivity index (χ3v) is 16.0. The summed E-state index contributed by atoms with van der Waals surface area (Å²) in [6, 6.07) is 62.4. The fourth-order valence-corrected chi connectivity index (χ4v) is 11.1. The van der Waals surface area contributed by atoms with E-state index < -0.39 is 0 Å². The van der Waals surface area contributed by atoms with Crippen molar-refractivity contribution >= 4 is 38.9 Å². The molecule has 1 aliphatic rings. The van der Waals surface area contributed by atoms with Crippen LogP contribution in [0.25, 0.3) is 33.3 Å². The van der Waals surface area contributed by atoms with Gasteiger partial charge in [-0.25, -0.2) is 4.98 Å². The van der Waals surface area contributed by atoms with Crippen molar-refractivity contribution in [1.82, 2.24) is 9.55 Å². The molecule has 0 unspecified atom stereocenters. The monoisotopic (exact) mass is 989 g/mol. The van der Waals surface area contributed by atoms with E-state index in [1.807, 2.05) is 6.20 Å². The van der Waals surface area contributed by atoms with E-state index in [2.05, 4.69) is 287 Å². The van der Waals surface area contributed by atoms with Crippen LogP contribution in [0.1, 0.15) is 159 Å². The van der Waals surface area contributed by atoms with Gasteiger partial charge in [0.15, 0.2) is 0 Å². The van der Waals surface area contributed by atoms with Gasteiger partial charge in [0.2, 0.25) is 0 Å². The number of rotatable bonds is 12. The Morgan fingerprint density at radius 3 is 1.65 bits per heavy atom. The molecule has 5 heteroatoms. The Balaban J connectivity index is 1.11. The molecule has 75 heavy (non-hydrogen) atoms. The zero-order valence-electron chi connectivity index (χ0n) is 46.9. The van der Waals surface area contributed by atoms with Crippen LogP contribution in [0.2, 0.25) is 0 Å². The molecule has 0 N–H and O–H groups in total. The van der Waals surface area contributed by atoms with Gasteiger partial charge in [0.05, 0.1) is 23.4 Å². The third kappa shape index (κ3) is 9.79. The summed E-state index contributed by atoms with van der Waals surface area (Å²) in [5, 5.41) is 2.33. The molecule has 1 aliphatic heterocycles. The minimum Gasteiger partial charge on any atom is -0.457 e. The molecule has 9 aromatic rings. The second-order valence-electron chi connectivity index (χ2n) is 24.7. The molecule has 0 atom stereocenters. The minimum absolute atomic E-state index is 0.00491. The molecular weight excluding hydrogens is 913 g/mol. The summed E-state index contributed by atoms with van der Waals surface area (Å²) in [7, 11) is 0. The van der Waals surface area contributed by atoms with Crippen molar-refractivity contribution in [3.05, 3.63) is 232 Å². The molecule has 0 aliphatic carbocycles. The highest BCUT2D eigenvalue weighted by Gasteiger charge is 2.32. The first kappa shape index (κ1) is 51.1. The maximum absolute atomic E-state index is 7.16. The Morgan fingerprint density at radius 2 is 1.04 bits per heavy atom. The third-order valence-electron chi connectivity index (χ3n) is 16.0. The molecular formula is C70H76N4O. The average Bonchev–Trinajstić information content (AvgIpc) is 3.98. The predicted molar refractivity (Wildman–Crippen MR) is 318 cm³/mol. The summed E-state index contributed by atoms with van der Waals surface area (Å²) < 4.78 is 9.50. The molecule has 0 fully saturated rings. The first-order valence-electron chi connectivity index (χ1n) is 27.1. The van der Waals surface area contributed by atoms with E-state index in [-0.39, 0.29) is 21.7 Å². The van der Waals surface area contributed by atoms with E-state index in [0.717, 1.165) is 39.4 Å². The van der Waals surface area contributed by atoms with Gasteiger partial charge >= 0.3 is 0 Å². The highest BCUT2D eigenvalue weighted by atomic mass is 16.5. The lowest BCUT2D eigenvalue weighted by atomic mass is 9.78. The van der Waals surface area contributed by atoms with E-state index in [1.165, 1.54) is 66.8 Å². The van der Waals surface area contributed by atoms with Crippen molar-refractivity contribution in [2.24, 2.45) is 0 Å². The number of benzene rings is 7. The molecule has 7 aromatic carbocycles. The fraction of sp³-hybridized carbons (Fsp3) is 0.300. The minimum atomic E-state index is -0.248. The van der Waals surface area contributed by atoms with Gasteiger partial charge in [0.25, 0.3) is 0 Å². The first-order chi connectivity index (χ1) is 35.6. The van der Waals surface area contributed by atoms with Gasteiger partial charge in [0, 0.05) is 63.1 Å². The summed E-state index contributed by atoms with van der Waals surface area (Å²) in [5.74, 6) is 3.13. The second-order valence-corrected chi connectivity index (χ2v) is 24.7. The zero-order valence-corrected chi connectivity index (χ0v) is 46.9. The summed E-state index contributed by atoms with van der Waals surface area (Å²) in [4.78, 5) is 10.1. The summed E-state index contributed by atoms with van der Waals surface area (Å²) in [5.41, 5.74) is 16.6. The van der Waals surface area contributed by atoms with Gasteiger partial charge in [0.1, 0.15) is 17.3 Å². The molecule has 382 valence electrons. The quantitative estimate of drug-likeness (QED) is 0.122. The fourth-order valence-electron chi connectivity index (χ4n) is 11.1. The normalized spacial score (nSPS) is 13.7. The van der Waals surface area contributed by atoms with Gasteiger partial charge < -0.3 is 14.5 Å². The van der Waals surface area contributed by atoms with Crippen molar-refractivity contribution in [3.63, 3.8) is 0 Å². The molecule has 0 amide bonds. The number of pyridine rings is 1. The molecule has 0 radical (unpaired) electrons. The van der Waals surface area contributed by atoms with Crippen LogP contribution in [0, 0.1) is 0 Å². The van der Waals surface area contributed by atoms with Gasteiger partial charge in [-0.3, -0.25) is 4.57 Å². The Morgan fingerprint density at radius 1 is 0.453 bits per heavy atom. The zero-order chi connectivity index (χ0) is 53.2. The Bertz CT molecular complexity index is 3550. The number of nitrogens with zero attached hydrogens (tertiary/aromatic N) is 4. The molecule has 0 bridgehead atoms. The van der Waals surface area contributed by atoms with Crippen molar-refractivity contribution in [2.45, 2.75) is 130 Å². The van der Waals surface area contributed by atoms with E-state index in [0.29, 0.717) is 18.5 Å². The van der Waals surface area contributed by atoms with E-state index in [1.54, 1.807) is 0 Å². The molecule has 10 rings (SSSR count). The smallest absolute Gasteiger partial charge is 0.137 e. The van der Waals surface area contributed by atoms with Crippen molar-refractivity contribution in [2.75, 3.05) is 16.5 Å². The highest BCUT2D eigenvalue weighted by Crippen LogP contribution is 2.45. The molecule has 3 heterocycles. The Kier molecular flexibility index (Phi) is 13.2. The van der Waals surface area contributed by atoms with Gasteiger partial charge in [-0.15, -0.1) is 0 Å². The molecule has 0 spiro atoms. The van der Waals surface area contributed by atoms with E-state index >= 15 is 0 Å². The first-order valence-corrected chi connectivity index (χ1v) is 27.1. The van der Waals surface area contributed by atoms with Crippen molar-refractivity contribution in [1.29, 1.82) is 0 Å². The van der Waals surface area contributed by atoms with Crippen LogP contribution < -0.4 is 14.5 Å². The predicted octanol–water partition coefficient (Wildman–Crippen LogP) is 18.7. The topological polar surface area (TPSA) is 33.5 Å². The summed E-state index contributed by atoms with van der Waals surface area (Å²) in [6.07, 6.45) is 4.35. The molecule has 0 saturated carbocycles. The van der Waals surface area contributed by atoms with Gasteiger partial charge in [-0.1, -0.05) is 194 Å². The largest absolute Gasteiger partial charge is 0.457 e. The lowest BCUT2D eigenvalue weighted by Crippen LogP contribution is -2.27. The highest BCUT2D eigenvalue weighted by molar-refractivity contribution is 6.10. The number of fused-ring (bicyclic) bond motifs is 3. The molecule has 0 saturated heterocycles. The number of anilines is 2. The number of hydrogen-bond acceptors (Lipinski definition) is 4. The standard InChI is InChI=1S/C70H76N4O/c1-46(2)58-29-22-30-59(47(3)4)66(58)64-44-72(45-73(64)54-28-21-27-50(37-54)67(5,6)7)55-38-53(68(8,9)10)39-57(42-55)75-56-32-33-60-61-40-51(69(11,12)48-23-17-15-18-24-48)31-34-62(61)74(63(60)43-56)65-41-52(35-36-71-65)70(13,14)49-25-19-16-20-26-49/h15-44,46-47H,45H2,1-14H3. The lowest BCUT2D eigenvalue weighted by Gasteiger charge is -2.30. The van der Waals surface area contributed by atoms with Crippen LogP contribution in [-0.4, -0.2) is 16.2 Å². The van der Waals surface area contributed by atoms with Crippen LogP contribution in [-0.2, 0) is 21.7 Å². The molecule has 5 nitrogen and oxygen atoms in total. The van der Waals surface area contributed by atoms with Gasteiger partial charge in [-0.05, 0) is 128 Å². The van der Waals surface area contributed by atoms with Crippen molar-refractivity contribution in [3.8, 4) is 17.3 Å². The van der Waals surface area contributed by atoms with Crippen molar-refractivity contribution < 1.29 is 4.74 Å². The Hall–Kier alpha value is -7.37. The van der Waals surface area contributed by atoms with Crippen LogP contribution in [0.15, 0.2) is 182 Å². The second kappa shape index (κ2) is 19.4. The van der Waals surface area contributed by atoms with E-state index in [9.17, 15) is 0 Å². The SMILES string of the molecule is CC(C)c1cccc(C(C)C)c1C1=CN(c2cc(Oc3ccc4c5cc(C(C)(C)c6ccccc6)ccc5n(-c5cc(C(C)(C)c6ccccc6)ccn5)c4c3)cc(C(C)(C)C)c2)CN1c1cccc(C(C)(C)C)c1. The number of ether oxygens (including phenoxy) is 1. The van der Waals surface area contributed by atoms with Gasteiger partial charge in [-0.2, -0.15) is 0 Å². The number of hydrogen-bond donors (Lipinski definition) is 0.